The molecule has 0 saturated heterocycles. The lowest BCUT2D eigenvalue weighted by Crippen LogP contribution is -2.44. The van der Waals surface area contributed by atoms with Crippen molar-refractivity contribution >= 4 is 5.91 Å². The average Bonchev–Trinajstić information content (AvgIpc) is 3.21. The monoisotopic (exact) mass is 381 g/mol. The van der Waals surface area contributed by atoms with Crippen molar-refractivity contribution in [3.05, 3.63) is 55.0 Å². The summed E-state index contributed by atoms with van der Waals surface area (Å²) >= 11 is 0. The van der Waals surface area contributed by atoms with E-state index in [1.807, 2.05) is 43.3 Å². The summed E-state index contributed by atoms with van der Waals surface area (Å²) in [5, 5.41) is 1.17. The maximum Gasteiger partial charge on any atom is 0.274 e. The van der Waals surface area contributed by atoms with Crippen molar-refractivity contribution in [3.8, 4) is 28.5 Å². The third kappa shape index (κ3) is 5.15. The molecule has 2 heterocycles. The largest absolute Gasteiger partial charge is 0.484 e. The number of ether oxygens (including phenoxy) is 1. The van der Waals surface area contributed by atoms with Gasteiger partial charge in [-0.3, -0.25) is 14.8 Å². The maximum atomic E-state index is 12.0. The number of carbonyl (C=O) groups is 1. The van der Waals surface area contributed by atoms with E-state index in [1.54, 1.807) is 30.7 Å². The Morgan fingerprint density at radius 2 is 1.79 bits per heavy atom. The molecule has 0 bridgehead atoms. The third-order valence-electron chi connectivity index (χ3n) is 4.04. The van der Waals surface area contributed by atoms with Crippen molar-refractivity contribution in [2.24, 2.45) is 5.84 Å². The molecule has 1 aromatic carbocycles. The third-order valence-corrected chi connectivity index (χ3v) is 4.04. The predicted octanol–water partition coefficient (Wildman–Crippen LogP) is 2.05. The summed E-state index contributed by atoms with van der Waals surface area (Å²) in [4.78, 5) is 22.2. The quantitative estimate of drug-likeness (QED) is 0.362. The second kappa shape index (κ2) is 9.12. The molecule has 2 N–H and O–H groups in total. The van der Waals surface area contributed by atoms with E-state index in [2.05, 4.69) is 9.97 Å². The van der Waals surface area contributed by atoms with E-state index in [0.717, 1.165) is 11.1 Å². The fraction of sp³-hybridized carbons (Fsp3) is 0.250. The van der Waals surface area contributed by atoms with Gasteiger partial charge in [0.15, 0.2) is 12.4 Å². The van der Waals surface area contributed by atoms with Crippen LogP contribution < -0.4 is 10.6 Å². The average molecular weight is 381 g/mol. The number of carbonyl (C=O) groups excluding carboxylic acids is 1. The fourth-order valence-corrected chi connectivity index (χ4v) is 2.41. The molecule has 3 rings (SSSR count). The molecular weight excluding hydrogens is 358 g/mol. The Hall–Kier alpha value is -3.23. The van der Waals surface area contributed by atoms with Gasteiger partial charge >= 0.3 is 0 Å². The standard InChI is InChI=1S/C20H23N5O3/c1-24(2)11-12-25(21)19(26)14-27-17-5-3-15(4-6-17)18-13-23-20(28-18)16-7-9-22-10-8-16/h3-10,13H,11-12,14,21H2,1-2H3. The fourth-order valence-electron chi connectivity index (χ4n) is 2.41. The van der Waals surface area contributed by atoms with Crippen molar-refractivity contribution in [2.75, 3.05) is 33.8 Å². The number of hydrogen-bond acceptors (Lipinski definition) is 7. The van der Waals surface area contributed by atoms with Crippen molar-refractivity contribution in [1.29, 1.82) is 0 Å². The van der Waals surface area contributed by atoms with Gasteiger partial charge in [0.05, 0.1) is 6.20 Å². The number of nitrogens with two attached hydrogens (primary N) is 1. The molecule has 0 spiro atoms. The van der Waals surface area contributed by atoms with Gasteiger partial charge < -0.3 is 14.1 Å². The lowest BCUT2D eigenvalue weighted by Gasteiger charge is -2.19. The molecule has 0 aliphatic carbocycles. The number of hydrazine groups is 1. The minimum atomic E-state index is -0.275. The van der Waals surface area contributed by atoms with Crippen LogP contribution in [0.5, 0.6) is 5.75 Å². The molecule has 3 aromatic rings. The molecule has 1 amide bonds. The van der Waals surface area contributed by atoms with Gasteiger partial charge in [-0.25, -0.2) is 10.8 Å². The molecule has 0 unspecified atom stereocenters. The Morgan fingerprint density at radius 3 is 2.46 bits per heavy atom. The Kier molecular flexibility index (Phi) is 6.36. The molecular formula is C20H23N5O3. The lowest BCUT2D eigenvalue weighted by atomic mass is 10.2. The topological polar surface area (TPSA) is 97.7 Å². The van der Waals surface area contributed by atoms with Crippen molar-refractivity contribution in [1.82, 2.24) is 19.9 Å². The van der Waals surface area contributed by atoms with E-state index in [9.17, 15) is 4.79 Å². The SMILES string of the molecule is CN(C)CCN(N)C(=O)COc1ccc(-c2cnc(-c3ccncc3)o2)cc1. The van der Waals surface area contributed by atoms with E-state index < -0.39 is 0 Å². The van der Waals surface area contributed by atoms with Crippen LogP contribution in [0.4, 0.5) is 0 Å². The first-order chi connectivity index (χ1) is 13.5. The number of hydrogen-bond donors (Lipinski definition) is 1. The van der Waals surface area contributed by atoms with Crippen LogP contribution in [0.3, 0.4) is 0 Å². The number of pyridine rings is 1. The second-order valence-electron chi connectivity index (χ2n) is 6.47. The zero-order valence-electron chi connectivity index (χ0n) is 15.9. The molecule has 0 atom stereocenters. The second-order valence-corrected chi connectivity index (χ2v) is 6.47. The first kappa shape index (κ1) is 19.5. The highest BCUT2D eigenvalue weighted by molar-refractivity contribution is 5.77. The first-order valence-electron chi connectivity index (χ1n) is 8.82. The minimum Gasteiger partial charge on any atom is -0.484 e. The summed E-state index contributed by atoms with van der Waals surface area (Å²) in [5.41, 5.74) is 1.72. The summed E-state index contributed by atoms with van der Waals surface area (Å²) in [6, 6.07) is 10.9. The highest BCUT2D eigenvalue weighted by Gasteiger charge is 2.11. The van der Waals surface area contributed by atoms with E-state index in [-0.39, 0.29) is 12.5 Å². The van der Waals surface area contributed by atoms with Gasteiger partial charge in [-0.2, -0.15) is 0 Å². The maximum absolute atomic E-state index is 12.0. The van der Waals surface area contributed by atoms with Crippen LogP contribution in [-0.4, -0.2) is 59.6 Å². The molecule has 2 aromatic heterocycles. The molecule has 0 saturated carbocycles. The van der Waals surface area contributed by atoms with Gasteiger partial charge in [0.25, 0.3) is 5.91 Å². The number of benzene rings is 1. The van der Waals surface area contributed by atoms with E-state index in [4.69, 9.17) is 15.0 Å². The van der Waals surface area contributed by atoms with Crippen LogP contribution in [-0.2, 0) is 4.79 Å². The summed E-state index contributed by atoms with van der Waals surface area (Å²) in [7, 11) is 3.84. The van der Waals surface area contributed by atoms with Gasteiger partial charge in [-0.05, 0) is 50.5 Å². The number of aromatic nitrogens is 2. The van der Waals surface area contributed by atoms with Crippen LogP contribution in [0.1, 0.15) is 0 Å². The summed E-state index contributed by atoms with van der Waals surface area (Å²) < 4.78 is 11.3. The normalized spacial score (nSPS) is 10.9. The number of nitrogens with zero attached hydrogens (tertiary/aromatic N) is 4. The highest BCUT2D eigenvalue weighted by Crippen LogP contribution is 2.27. The van der Waals surface area contributed by atoms with Gasteiger partial charge in [-0.15, -0.1) is 0 Å². The smallest absolute Gasteiger partial charge is 0.274 e. The summed E-state index contributed by atoms with van der Waals surface area (Å²) in [5.74, 6) is 7.21. The molecule has 146 valence electrons. The van der Waals surface area contributed by atoms with Crippen LogP contribution in [0.25, 0.3) is 22.8 Å². The Morgan fingerprint density at radius 1 is 1.07 bits per heavy atom. The molecule has 28 heavy (non-hydrogen) atoms. The van der Waals surface area contributed by atoms with E-state index >= 15 is 0 Å². The summed E-state index contributed by atoms with van der Waals surface area (Å²) in [6.45, 7) is 1.02. The van der Waals surface area contributed by atoms with Gasteiger partial charge in [0.1, 0.15) is 5.75 Å². The van der Waals surface area contributed by atoms with Crippen LogP contribution in [0.15, 0.2) is 59.4 Å². The van der Waals surface area contributed by atoms with Gasteiger partial charge in [0, 0.05) is 36.6 Å². The highest BCUT2D eigenvalue weighted by atomic mass is 16.5. The molecule has 0 fully saturated rings. The first-order valence-corrected chi connectivity index (χ1v) is 8.82. The molecule has 0 aliphatic rings. The van der Waals surface area contributed by atoms with E-state index in [0.29, 0.717) is 30.5 Å². The number of oxazole rings is 1. The molecule has 0 radical (unpaired) electrons. The van der Waals surface area contributed by atoms with Crippen LogP contribution in [0.2, 0.25) is 0 Å². The molecule has 0 aliphatic heterocycles. The number of amides is 1. The number of likely N-dealkylation sites (N-methyl/N-ethyl adjacent to an activating group) is 1. The zero-order valence-corrected chi connectivity index (χ0v) is 15.9. The van der Waals surface area contributed by atoms with Gasteiger partial charge in [-0.1, -0.05) is 0 Å². The Bertz CT molecular complexity index is 894. The van der Waals surface area contributed by atoms with Crippen molar-refractivity contribution in [3.63, 3.8) is 0 Å². The number of rotatable bonds is 8. The zero-order chi connectivity index (χ0) is 19.9. The lowest BCUT2D eigenvalue weighted by molar-refractivity contribution is -0.133. The van der Waals surface area contributed by atoms with Crippen molar-refractivity contribution in [2.45, 2.75) is 0 Å². The minimum absolute atomic E-state index is 0.113. The Labute approximate surface area is 163 Å². The van der Waals surface area contributed by atoms with Crippen molar-refractivity contribution < 1.29 is 13.9 Å². The Balaban J connectivity index is 1.57. The summed E-state index contributed by atoms with van der Waals surface area (Å²) in [6.07, 6.45) is 5.05. The van der Waals surface area contributed by atoms with E-state index in [1.165, 1.54) is 5.01 Å². The molecule has 8 heteroatoms. The molecule has 8 nitrogen and oxygen atoms in total. The predicted molar refractivity (Wildman–Crippen MR) is 105 cm³/mol. The van der Waals surface area contributed by atoms with Gasteiger partial charge in [0.2, 0.25) is 5.89 Å². The van der Waals surface area contributed by atoms with Crippen LogP contribution >= 0.6 is 0 Å². The van der Waals surface area contributed by atoms with Crippen LogP contribution in [0, 0.1) is 0 Å².